The Hall–Kier alpha value is -4.61. The number of rotatable bonds is 8. The Kier molecular flexibility index (Phi) is 6.85. The molecule has 9 nitrogen and oxygen atoms in total. The molecular weight excluding hydrogens is 511 g/mol. The van der Waals surface area contributed by atoms with Gasteiger partial charge in [-0.1, -0.05) is 12.1 Å². The van der Waals surface area contributed by atoms with E-state index in [9.17, 15) is 18.0 Å². The van der Waals surface area contributed by atoms with Crippen molar-refractivity contribution in [3.63, 3.8) is 0 Å². The molecule has 2 aromatic heterocycles. The highest BCUT2D eigenvalue weighted by Gasteiger charge is 2.36. The van der Waals surface area contributed by atoms with Crippen molar-refractivity contribution in [3.8, 4) is 16.9 Å². The van der Waals surface area contributed by atoms with Gasteiger partial charge in [-0.05, 0) is 60.7 Å². The summed E-state index contributed by atoms with van der Waals surface area (Å²) in [6.45, 7) is 1.89. The van der Waals surface area contributed by atoms with Crippen molar-refractivity contribution in [1.82, 2.24) is 25.5 Å². The van der Waals surface area contributed by atoms with Gasteiger partial charge in [0.05, 0.1) is 18.5 Å². The van der Waals surface area contributed by atoms with E-state index in [1.165, 1.54) is 7.11 Å². The molecule has 39 heavy (non-hydrogen) atoms. The summed E-state index contributed by atoms with van der Waals surface area (Å²) >= 11 is 0. The van der Waals surface area contributed by atoms with Crippen molar-refractivity contribution >= 4 is 29.2 Å². The summed E-state index contributed by atoms with van der Waals surface area (Å²) in [5, 5.41) is 15.2. The number of carbonyl (C=O) groups excluding carboxylic acids is 1. The molecule has 0 aliphatic heterocycles. The third-order valence-corrected chi connectivity index (χ3v) is 6.42. The largest absolute Gasteiger partial charge is 0.495 e. The number of benzene rings is 2. The van der Waals surface area contributed by atoms with Crippen LogP contribution in [0.4, 0.5) is 36.4 Å². The maximum absolute atomic E-state index is 13.7. The van der Waals surface area contributed by atoms with Crippen LogP contribution in [0.15, 0.2) is 48.7 Å². The van der Waals surface area contributed by atoms with E-state index in [4.69, 9.17) is 4.74 Å². The molecule has 1 aliphatic rings. The molecule has 5 rings (SSSR count). The third kappa shape index (κ3) is 5.64. The van der Waals surface area contributed by atoms with Gasteiger partial charge in [0.1, 0.15) is 22.9 Å². The van der Waals surface area contributed by atoms with Crippen LogP contribution in [-0.4, -0.2) is 40.2 Å². The number of anilines is 4. The van der Waals surface area contributed by atoms with Crippen molar-refractivity contribution in [2.24, 2.45) is 0 Å². The average molecular weight is 538 g/mol. The SMILES string of the molecule is CNC(=O)c1ccc(-c2cc(OC)c(Nc3ncc(C(F)(F)F)c(Nc4cc(C5CC5)n[nH]4)n3)cc2C)cc1. The Labute approximate surface area is 222 Å². The first-order chi connectivity index (χ1) is 18.7. The highest BCUT2D eigenvalue weighted by molar-refractivity contribution is 5.94. The van der Waals surface area contributed by atoms with Crippen LogP contribution in [0, 0.1) is 6.92 Å². The highest BCUT2D eigenvalue weighted by atomic mass is 19.4. The number of amides is 1. The fourth-order valence-electron chi connectivity index (χ4n) is 4.19. The molecule has 0 radical (unpaired) electrons. The van der Waals surface area contributed by atoms with E-state index in [1.54, 1.807) is 37.4 Å². The van der Waals surface area contributed by atoms with Gasteiger partial charge >= 0.3 is 6.18 Å². The lowest BCUT2D eigenvalue weighted by Crippen LogP contribution is -2.17. The molecule has 0 spiro atoms. The number of carbonyl (C=O) groups is 1. The van der Waals surface area contributed by atoms with Crippen molar-refractivity contribution in [2.75, 3.05) is 24.8 Å². The maximum atomic E-state index is 13.7. The van der Waals surface area contributed by atoms with Crippen LogP contribution in [0.3, 0.4) is 0 Å². The summed E-state index contributed by atoms with van der Waals surface area (Å²) in [6, 6.07) is 12.4. The number of alkyl halides is 3. The Morgan fingerprint density at radius 3 is 2.49 bits per heavy atom. The van der Waals surface area contributed by atoms with E-state index in [1.807, 2.05) is 19.1 Å². The van der Waals surface area contributed by atoms with E-state index in [2.05, 4.69) is 36.1 Å². The Morgan fingerprint density at radius 1 is 1.10 bits per heavy atom. The summed E-state index contributed by atoms with van der Waals surface area (Å²) in [7, 11) is 3.06. The minimum absolute atomic E-state index is 0.0483. The number of aromatic amines is 1. The summed E-state index contributed by atoms with van der Waals surface area (Å²) in [5.74, 6) is 0.451. The molecule has 0 unspecified atom stereocenters. The van der Waals surface area contributed by atoms with Crippen LogP contribution in [0.2, 0.25) is 0 Å². The number of aromatic nitrogens is 4. The minimum Gasteiger partial charge on any atom is -0.495 e. The van der Waals surface area contributed by atoms with E-state index in [0.717, 1.165) is 41.4 Å². The molecule has 1 saturated carbocycles. The number of halogens is 3. The Morgan fingerprint density at radius 2 is 1.85 bits per heavy atom. The zero-order valence-corrected chi connectivity index (χ0v) is 21.4. The van der Waals surface area contributed by atoms with Gasteiger partial charge < -0.3 is 20.7 Å². The third-order valence-electron chi connectivity index (χ3n) is 6.42. The van der Waals surface area contributed by atoms with Gasteiger partial charge in [0.15, 0.2) is 0 Å². The summed E-state index contributed by atoms with van der Waals surface area (Å²) < 4.78 is 46.7. The number of H-pyrrole nitrogens is 1. The van der Waals surface area contributed by atoms with Crippen LogP contribution < -0.4 is 20.7 Å². The molecule has 1 fully saturated rings. The molecule has 2 aromatic carbocycles. The standard InChI is InChI=1S/C27H26F3N7O2/c1-14-10-21(22(39-3)11-18(14)15-4-8-17(9-5-15)25(38)31-2)33-26-32-13-19(27(28,29)30)24(35-26)34-23-12-20(36-37-23)16-6-7-16/h4-5,8-13,16H,6-7H2,1-3H3,(H,31,38)(H3,32,33,34,35,36,37). The second kappa shape index (κ2) is 10.3. The quantitative estimate of drug-likeness (QED) is 0.220. The Bertz CT molecular complexity index is 1510. The second-order valence-corrected chi connectivity index (χ2v) is 9.21. The average Bonchev–Trinajstić information content (AvgIpc) is 3.66. The number of nitrogens with one attached hydrogen (secondary N) is 4. The molecule has 4 aromatic rings. The first-order valence-corrected chi connectivity index (χ1v) is 12.2. The number of nitrogens with zero attached hydrogens (tertiary/aromatic N) is 3. The van der Waals surface area contributed by atoms with Gasteiger partial charge in [0.25, 0.3) is 5.91 Å². The molecule has 0 saturated heterocycles. The molecule has 0 bridgehead atoms. The first kappa shape index (κ1) is 26.0. The summed E-state index contributed by atoms with van der Waals surface area (Å²) in [6.07, 6.45) is -1.90. The summed E-state index contributed by atoms with van der Waals surface area (Å²) in [4.78, 5) is 19.9. The lowest BCUT2D eigenvalue weighted by Gasteiger charge is -2.17. The van der Waals surface area contributed by atoms with Gasteiger partial charge in [0.2, 0.25) is 5.95 Å². The van der Waals surface area contributed by atoms with Crippen molar-refractivity contribution in [3.05, 3.63) is 71.0 Å². The van der Waals surface area contributed by atoms with E-state index >= 15 is 0 Å². The molecule has 0 atom stereocenters. The van der Waals surface area contributed by atoms with Crippen molar-refractivity contribution < 1.29 is 22.7 Å². The van der Waals surface area contributed by atoms with E-state index in [0.29, 0.717) is 28.7 Å². The minimum atomic E-state index is -4.66. The molecule has 202 valence electrons. The van der Waals surface area contributed by atoms with Crippen LogP contribution in [0.25, 0.3) is 11.1 Å². The zero-order valence-electron chi connectivity index (χ0n) is 21.4. The predicted molar refractivity (Wildman–Crippen MR) is 141 cm³/mol. The normalized spacial score (nSPS) is 13.2. The molecule has 4 N–H and O–H groups in total. The van der Waals surface area contributed by atoms with Gasteiger partial charge in [-0.3, -0.25) is 9.89 Å². The maximum Gasteiger partial charge on any atom is 0.421 e. The molecular formula is C27H26F3N7O2. The van der Waals surface area contributed by atoms with Crippen molar-refractivity contribution in [1.29, 1.82) is 0 Å². The van der Waals surface area contributed by atoms with Crippen molar-refractivity contribution in [2.45, 2.75) is 31.9 Å². The van der Waals surface area contributed by atoms with E-state index in [-0.39, 0.29) is 11.9 Å². The fourth-order valence-corrected chi connectivity index (χ4v) is 4.19. The first-order valence-electron chi connectivity index (χ1n) is 12.2. The van der Waals surface area contributed by atoms with Gasteiger partial charge in [-0.2, -0.15) is 23.3 Å². The molecule has 1 amide bonds. The monoisotopic (exact) mass is 537 g/mol. The van der Waals surface area contributed by atoms with Gasteiger partial charge in [-0.25, -0.2) is 4.98 Å². The molecule has 1 aliphatic carbocycles. The molecule has 12 heteroatoms. The topological polar surface area (TPSA) is 117 Å². The lowest BCUT2D eigenvalue weighted by molar-refractivity contribution is -0.137. The number of methoxy groups -OCH3 is 1. The fraction of sp³-hybridized carbons (Fsp3) is 0.259. The van der Waals surface area contributed by atoms with Gasteiger partial charge in [-0.15, -0.1) is 0 Å². The predicted octanol–water partition coefficient (Wildman–Crippen LogP) is 5.93. The number of hydrogen-bond acceptors (Lipinski definition) is 7. The van der Waals surface area contributed by atoms with Gasteiger partial charge in [0, 0.05) is 30.8 Å². The number of aryl methyl sites for hydroxylation is 1. The number of hydrogen-bond donors (Lipinski definition) is 4. The summed E-state index contributed by atoms with van der Waals surface area (Å²) in [5.41, 5.74) is 3.41. The van der Waals surface area contributed by atoms with Crippen LogP contribution >= 0.6 is 0 Å². The highest BCUT2D eigenvalue weighted by Crippen LogP contribution is 2.41. The van der Waals surface area contributed by atoms with E-state index < -0.39 is 17.6 Å². The zero-order chi connectivity index (χ0) is 27.7. The smallest absolute Gasteiger partial charge is 0.421 e. The lowest BCUT2D eigenvalue weighted by atomic mass is 9.98. The number of ether oxygens (including phenoxy) is 1. The van der Waals surface area contributed by atoms with Crippen LogP contribution in [0.1, 0.15) is 45.9 Å². The van der Waals surface area contributed by atoms with Crippen LogP contribution in [0.5, 0.6) is 5.75 Å². The van der Waals surface area contributed by atoms with Crippen LogP contribution in [-0.2, 0) is 6.18 Å². The molecule has 2 heterocycles. The Balaban J connectivity index is 1.44. The second-order valence-electron chi connectivity index (χ2n) is 9.21.